The van der Waals surface area contributed by atoms with Crippen molar-refractivity contribution in [3.8, 4) is 5.75 Å². The van der Waals surface area contributed by atoms with E-state index in [2.05, 4.69) is 26.0 Å². The summed E-state index contributed by atoms with van der Waals surface area (Å²) in [6.07, 6.45) is 2.30. The Balaban J connectivity index is 2.11. The van der Waals surface area contributed by atoms with Gasteiger partial charge in [0.05, 0.1) is 0 Å². The Morgan fingerprint density at radius 3 is 2.94 bits per heavy atom. The van der Waals surface area contributed by atoms with Crippen molar-refractivity contribution in [3.05, 3.63) is 40.4 Å². The molecule has 0 saturated carbocycles. The highest BCUT2D eigenvalue weighted by atomic mass is 79.9. The van der Waals surface area contributed by atoms with E-state index >= 15 is 0 Å². The molecule has 2 rings (SSSR count). The SMILES string of the molecule is Cn1ncnc1COc1ccc(Br)cc1CCN. The van der Waals surface area contributed by atoms with Gasteiger partial charge in [-0.2, -0.15) is 5.10 Å². The number of nitrogens with zero attached hydrogens (tertiary/aromatic N) is 3. The van der Waals surface area contributed by atoms with Gasteiger partial charge in [-0.3, -0.25) is 4.68 Å². The highest BCUT2D eigenvalue weighted by Gasteiger charge is 2.06. The number of ether oxygens (including phenoxy) is 1. The molecule has 18 heavy (non-hydrogen) atoms. The lowest BCUT2D eigenvalue weighted by atomic mass is 10.1. The van der Waals surface area contributed by atoms with Gasteiger partial charge in [-0.05, 0) is 36.7 Å². The molecule has 0 fully saturated rings. The number of halogens is 1. The molecule has 0 atom stereocenters. The standard InChI is InChI=1S/C12H15BrN4O/c1-17-12(15-8-16-17)7-18-11-3-2-10(13)6-9(11)4-5-14/h2-3,6,8H,4-5,7,14H2,1H3. The second kappa shape index (κ2) is 5.97. The molecule has 5 nitrogen and oxygen atoms in total. The number of nitrogens with two attached hydrogens (primary N) is 1. The van der Waals surface area contributed by atoms with Crippen LogP contribution < -0.4 is 10.5 Å². The fourth-order valence-corrected chi connectivity index (χ4v) is 2.04. The third kappa shape index (κ3) is 3.08. The van der Waals surface area contributed by atoms with Crippen LogP contribution >= 0.6 is 15.9 Å². The summed E-state index contributed by atoms with van der Waals surface area (Å²) < 4.78 is 8.49. The zero-order chi connectivity index (χ0) is 13.0. The molecule has 0 saturated heterocycles. The van der Waals surface area contributed by atoms with Crippen molar-refractivity contribution in [1.82, 2.24) is 14.8 Å². The van der Waals surface area contributed by atoms with Crippen molar-refractivity contribution < 1.29 is 4.74 Å². The average Bonchev–Trinajstić information content (AvgIpc) is 2.74. The summed E-state index contributed by atoms with van der Waals surface area (Å²) in [6.45, 7) is 0.993. The van der Waals surface area contributed by atoms with Crippen LogP contribution in [-0.4, -0.2) is 21.3 Å². The minimum atomic E-state index is 0.399. The molecule has 0 aliphatic rings. The molecule has 96 valence electrons. The topological polar surface area (TPSA) is 66.0 Å². The van der Waals surface area contributed by atoms with Gasteiger partial charge in [0.15, 0.2) is 5.82 Å². The Labute approximate surface area is 114 Å². The molecule has 0 aliphatic carbocycles. The molecule has 0 unspecified atom stereocenters. The van der Waals surface area contributed by atoms with Crippen molar-refractivity contribution in [2.24, 2.45) is 12.8 Å². The van der Waals surface area contributed by atoms with E-state index < -0.39 is 0 Å². The number of benzene rings is 1. The first-order valence-corrected chi connectivity index (χ1v) is 6.44. The van der Waals surface area contributed by atoms with E-state index in [0.717, 1.165) is 28.0 Å². The van der Waals surface area contributed by atoms with Crippen LogP contribution in [0.5, 0.6) is 5.75 Å². The van der Waals surface area contributed by atoms with Gasteiger partial charge in [-0.25, -0.2) is 4.98 Å². The molecule has 0 aliphatic heterocycles. The summed E-state index contributed by atoms with van der Waals surface area (Å²) in [6, 6.07) is 5.91. The van der Waals surface area contributed by atoms with Gasteiger partial charge >= 0.3 is 0 Å². The third-order valence-electron chi connectivity index (χ3n) is 2.60. The maximum absolute atomic E-state index is 5.77. The Hall–Kier alpha value is -1.40. The molecular formula is C12H15BrN4O. The molecule has 1 heterocycles. The van der Waals surface area contributed by atoms with Crippen molar-refractivity contribution in [3.63, 3.8) is 0 Å². The lowest BCUT2D eigenvalue weighted by Crippen LogP contribution is -2.08. The van der Waals surface area contributed by atoms with Crippen LogP contribution in [0.25, 0.3) is 0 Å². The number of aryl methyl sites for hydroxylation is 1. The van der Waals surface area contributed by atoms with E-state index in [-0.39, 0.29) is 0 Å². The number of hydrogen-bond donors (Lipinski definition) is 1. The van der Waals surface area contributed by atoms with Crippen molar-refractivity contribution in [1.29, 1.82) is 0 Å². The van der Waals surface area contributed by atoms with Crippen LogP contribution in [0, 0.1) is 0 Å². The van der Waals surface area contributed by atoms with Gasteiger partial charge in [0.25, 0.3) is 0 Å². The Kier molecular flexibility index (Phi) is 4.33. The fourth-order valence-electron chi connectivity index (χ4n) is 1.63. The van der Waals surface area contributed by atoms with Gasteiger partial charge in [-0.15, -0.1) is 0 Å². The molecular weight excluding hydrogens is 296 g/mol. The number of rotatable bonds is 5. The smallest absolute Gasteiger partial charge is 0.164 e. The van der Waals surface area contributed by atoms with Crippen LogP contribution in [0.2, 0.25) is 0 Å². The molecule has 6 heteroatoms. The van der Waals surface area contributed by atoms with Crippen LogP contribution in [0.4, 0.5) is 0 Å². The van der Waals surface area contributed by atoms with E-state index in [0.29, 0.717) is 13.2 Å². The largest absolute Gasteiger partial charge is 0.485 e. The maximum atomic E-state index is 5.77. The van der Waals surface area contributed by atoms with E-state index in [9.17, 15) is 0 Å². The maximum Gasteiger partial charge on any atom is 0.164 e. The lowest BCUT2D eigenvalue weighted by Gasteiger charge is -2.11. The monoisotopic (exact) mass is 310 g/mol. The highest BCUT2D eigenvalue weighted by molar-refractivity contribution is 9.10. The van der Waals surface area contributed by atoms with Gasteiger partial charge in [0.2, 0.25) is 0 Å². The average molecular weight is 311 g/mol. The number of hydrogen-bond acceptors (Lipinski definition) is 4. The zero-order valence-corrected chi connectivity index (χ0v) is 11.7. The van der Waals surface area contributed by atoms with Crippen LogP contribution in [0.3, 0.4) is 0 Å². The molecule has 0 amide bonds. The zero-order valence-electron chi connectivity index (χ0n) is 10.1. The molecule has 0 radical (unpaired) electrons. The van der Waals surface area contributed by atoms with E-state index in [1.807, 2.05) is 25.2 Å². The molecule has 0 spiro atoms. The lowest BCUT2D eigenvalue weighted by molar-refractivity contribution is 0.287. The number of aromatic nitrogens is 3. The quantitative estimate of drug-likeness (QED) is 0.912. The van der Waals surface area contributed by atoms with Gasteiger partial charge in [-0.1, -0.05) is 15.9 Å². The van der Waals surface area contributed by atoms with Crippen molar-refractivity contribution in [2.45, 2.75) is 13.0 Å². The Bertz CT molecular complexity index is 527. The molecule has 1 aromatic carbocycles. The van der Waals surface area contributed by atoms with Crippen LogP contribution in [0.15, 0.2) is 29.0 Å². The normalized spacial score (nSPS) is 10.6. The summed E-state index contributed by atoms with van der Waals surface area (Å²) in [7, 11) is 1.84. The summed E-state index contributed by atoms with van der Waals surface area (Å²) in [4.78, 5) is 4.12. The summed E-state index contributed by atoms with van der Waals surface area (Å²) in [5.41, 5.74) is 6.69. The van der Waals surface area contributed by atoms with Gasteiger partial charge in [0, 0.05) is 11.5 Å². The second-order valence-corrected chi connectivity index (χ2v) is 4.79. The predicted octanol–water partition coefficient (Wildman–Crippen LogP) is 1.66. The van der Waals surface area contributed by atoms with Gasteiger partial charge in [0.1, 0.15) is 18.7 Å². The van der Waals surface area contributed by atoms with Crippen LogP contribution in [-0.2, 0) is 20.1 Å². The first kappa shape index (κ1) is 13.0. The molecule has 1 aromatic heterocycles. The Morgan fingerprint density at radius 2 is 2.28 bits per heavy atom. The third-order valence-corrected chi connectivity index (χ3v) is 3.09. The van der Waals surface area contributed by atoms with E-state index in [1.165, 1.54) is 6.33 Å². The highest BCUT2D eigenvalue weighted by Crippen LogP contribution is 2.24. The minimum Gasteiger partial charge on any atom is -0.485 e. The van der Waals surface area contributed by atoms with Crippen molar-refractivity contribution in [2.75, 3.05) is 6.54 Å². The second-order valence-electron chi connectivity index (χ2n) is 3.88. The first-order chi connectivity index (χ1) is 8.70. The van der Waals surface area contributed by atoms with E-state index in [4.69, 9.17) is 10.5 Å². The van der Waals surface area contributed by atoms with Crippen molar-refractivity contribution >= 4 is 15.9 Å². The summed E-state index contributed by atoms with van der Waals surface area (Å²) in [5, 5.41) is 4.00. The minimum absolute atomic E-state index is 0.399. The molecule has 2 N–H and O–H groups in total. The predicted molar refractivity (Wildman–Crippen MR) is 72.2 cm³/mol. The van der Waals surface area contributed by atoms with Gasteiger partial charge < -0.3 is 10.5 Å². The summed E-state index contributed by atoms with van der Waals surface area (Å²) >= 11 is 3.44. The van der Waals surface area contributed by atoms with E-state index in [1.54, 1.807) is 4.68 Å². The van der Waals surface area contributed by atoms with Crippen LogP contribution in [0.1, 0.15) is 11.4 Å². The molecule has 0 bridgehead atoms. The molecule has 2 aromatic rings. The first-order valence-electron chi connectivity index (χ1n) is 5.65. The Morgan fingerprint density at radius 1 is 1.44 bits per heavy atom. The fraction of sp³-hybridized carbons (Fsp3) is 0.333. The summed E-state index contributed by atoms with van der Waals surface area (Å²) in [5.74, 6) is 1.63.